The smallest absolute Gasteiger partial charge is 0.315 e. The zero-order valence-corrected chi connectivity index (χ0v) is 6.40. The Morgan fingerprint density at radius 2 is 2.42 bits per heavy atom. The summed E-state index contributed by atoms with van der Waals surface area (Å²) in [6, 6.07) is -0.409. The first kappa shape index (κ1) is 7.02. The van der Waals surface area contributed by atoms with Crippen molar-refractivity contribution in [1.82, 2.24) is 14.9 Å². The minimum Gasteiger partial charge on any atom is -0.351 e. The number of urea groups is 1. The van der Waals surface area contributed by atoms with E-state index in [-0.39, 0.29) is 0 Å². The summed E-state index contributed by atoms with van der Waals surface area (Å²) in [7, 11) is 0. The van der Waals surface area contributed by atoms with Crippen molar-refractivity contribution in [3.63, 3.8) is 0 Å². The van der Waals surface area contributed by atoms with Crippen LogP contribution in [0.1, 0.15) is 11.3 Å². The fraction of sp³-hybridized carbons (Fsp3) is 0.286. The first-order valence-corrected chi connectivity index (χ1v) is 3.59. The van der Waals surface area contributed by atoms with E-state index in [9.17, 15) is 4.79 Å². The number of amides is 2. The lowest BCUT2D eigenvalue weighted by Crippen LogP contribution is -2.30. The summed E-state index contributed by atoms with van der Waals surface area (Å²) in [5, 5.41) is 0. The maximum absolute atomic E-state index is 10.8. The summed E-state index contributed by atoms with van der Waals surface area (Å²) in [6.45, 7) is 1.04. The Hall–Kier alpha value is -1.65. The van der Waals surface area contributed by atoms with Gasteiger partial charge in [-0.2, -0.15) is 0 Å². The third-order valence-corrected chi connectivity index (χ3v) is 1.89. The van der Waals surface area contributed by atoms with Gasteiger partial charge in [0.25, 0.3) is 0 Å². The zero-order valence-electron chi connectivity index (χ0n) is 6.40. The Morgan fingerprint density at radius 3 is 3.08 bits per heavy atom. The predicted molar refractivity (Wildman–Crippen MR) is 40.9 cm³/mol. The van der Waals surface area contributed by atoms with Crippen molar-refractivity contribution in [1.29, 1.82) is 0 Å². The number of fused-ring (bicyclic) bond motifs is 1. The Morgan fingerprint density at radius 1 is 1.58 bits per heavy atom. The fourth-order valence-corrected chi connectivity index (χ4v) is 1.26. The molecule has 0 radical (unpaired) electrons. The van der Waals surface area contributed by atoms with Crippen molar-refractivity contribution < 1.29 is 4.79 Å². The van der Waals surface area contributed by atoms with Gasteiger partial charge in [-0.25, -0.2) is 14.8 Å². The molecule has 2 rings (SSSR count). The minimum atomic E-state index is -0.409. The highest BCUT2D eigenvalue weighted by Gasteiger charge is 2.21. The van der Waals surface area contributed by atoms with Crippen LogP contribution in [0.5, 0.6) is 0 Å². The molecule has 1 aliphatic heterocycles. The Kier molecular flexibility index (Phi) is 1.43. The van der Waals surface area contributed by atoms with Gasteiger partial charge < -0.3 is 10.6 Å². The van der Waals surface area contributed by atoms with Gasteiger partial charge in [0.1, 0.15) is 6.33 Å². The van der Waals surface area contributed by atoms with Crippen molar-refractivity contribution in [2.75, 3.05) is 0 Å². The molecule has 0 aromatic carbocycles. The normalized spacial score (nSPS) is 14.5. The summed E-state index contributed by atoms with van der Waals surface area (Å²) in [5.41, 5.74) is 6.99. The van der Waals surface area contributed by atoms with Gasteiger partial charge in [0.05, 0.1) is 18.8 Å². The maximum atomic E-state index is 10.8. The third-order valence-electron chi connectivity index (χ3n) is 1.89. The lowest BCUT2D eigenvalue weighted by molar-refractivity contribution is 0.208. The Bertz CT molecular complexity index is 300. The van der Waals surface area contributed by atoms with Crippen LogP contribution < -0.4 is 5.73 Å². The van der Waals surface area contributed by atoms with Gasteiger partial charge in [-0.05, 0) is 0 Å². The molecule has 1 aliphatic rings. The molecule has 0 aliphatic carbocycles. The van der Waals surface area contributed by atoms with Crippen LogP contribution in [0.4, 0.5) is 4.79 Å². The molecule has 0 atom stereocenters. The second kappa shape index (κ2) is 2.44. The Balaban J connectivity index is 2.27. The highest BCUT2D eigenvalue weighted by atomic mass is 16.2. The Labute approximate surface area is 69.2 Å². The topological polar surface area (TPSA) is 72.1 Å². The van der Waals surface area contributed by atoms with Gasteiger partial charge in [-0.15, -0.1) is 0 Å². The molecule has 5 heteroatoms. The zero-order chi connectivity index (χ0) is 8.55. The summed E-state index contributed by atoms with van der Waals surface area (Å²) < 4.78 is 0. The van der Waals surface area contributed by atoms with Gasteiger partial charge in [-0.1, -0.05) is 0 Å². The molecule has 0 saturated heterocycles. The summed E-state index contributed by atoms with van der Waals surface area (Å²) >= 11 is 0. The van der Waals surface area contributed by atoms with Crippen molar-refractivity contribution >= 4 is 6.03 Å². The molecule has 0 bridgehead atoms. The summed E-state index contributed by atoms with van der Waals surface area (Å²) in [4.78, 5) is 20.2. The van der Waals surface area contributed by atoms with Crippen molar-refractivity contribution in [2.45, 2.75) is 13.1 Å². The number of hydrogen-bond acceptors (Lipinski definition) is 3. The van der Waals surface area contributed by atoms with E-state index in [0.717, 1.165) is 11.3 Å². The largest absolute Gasteiger partial charge is 0.351 e. The average molecular weight is 164 g/mol. The van der Waals surface area contributed by atoms with Crippen LogP contribution in [0.3, 0.4) is 0 Å². The molecular formula is C7H8N4O. The molecule has 5 nitrogen and oxygen atoms in total. The molecular weight excluding hydrogens is 156 g/mol. The van der Waals surface area contributed by atoms with E-state index in [1.54, 1.807) is 6.20 Å². The number of carbonyl (C=O) groups excluding carboxylic acids is 1. The van der Waals surface area contributed by atoms with Crippen LogP contribution in [-0.2, 0) is 13.1 Å². The van der Waals surface area contributed by atoms with E-state index in [0.29, 0.717) is 13.1 Å². The number of carbonyl (C=O) groups is 1. The second-order valence-electron chi connectivity index (χ2n) is 2.69. The van der Waals surface area contributed by atoms with E-state index in [1.807, 2.05) is 0 Å². The molecule has 2 heterocycles. The second-order valence-corrected chi connectivity index (χ2v) is 2.69. The van der Waals surface area contributed by atoms with Gasteiger partial charge >= 0.3 is 6.03 Å². The molecule has 2 amide bonds. The molecule has 1 aromatic rings. The number of nitrogens with two attached hydrogens (primary N) is 1. The van der Waals surface area contributed by atoms with Crippen LogP contribution in [0.25, 0.3) is 0 Å². The number of primary amides is 1. The lowest BCUT2D eigenvalue weighted by Gasteiger charge is -2.09. The highest BCUT2D eigenvalue weighted by Crippen LogP contribution is 2.18. The van der Waals surface area contributed by atoms with E-state index in [4.69, 9.17) is 5.73 Å². The number of nitrogens with zero attached hydrogens (tertiary/aromatic N) is 3. The SMILES string of the molecule is NC(=O)N1Cc2cncnc2C1. The molecule has 2 N–H and O–H groups in total. The summed E-state index contributed by atoms with van der Waals surface area (Å²) in [6.07, 6.45) is 3.19. The number of aromatic nitrogens is 2. The minimum absolute atomic E-state index is 0.409. The van der Waals surface area contributed by atoms with Crippen LogP contribution >= 0.6 is 0 Å². The number of hydrogen-bond donors (Lipinski definition) is 1. The van der Waals surface area contributed by atoms with Gasteiger partial charge in [0.15, 0.2) is 0 Å². The monoisotopic (exact) mass is 164 g/mol. The lowest BCUT2D eigenvalue weighted by atomic mass is 10.3. The highest BCUT2D eigenvalue weighted by molar-refractivity contribution is 5.72. The van der Waals surface area contributed by atoms with Crippen LogP contribution in [0.15, 0.2) is 12.5 Å². The van der Waals surface area contributed by atoms with Crippen LogP contribution in [0.2, 0.25) is 0 Å². The quantitative estimate of drug-likeness (QED) is 0.580. The van der Waals surface area contributed by atoms with E-state index in [1.165, 1.54) is 11.2 Å². The van der Waals surface area contributed by atoms with Crippen molar-refractivity contribution in [3.8, 4) is 0 Å². The van der Waals surface area contributed by atoms with E-state index >= 15 is 0 Å². The molecule has 0 unspecified atom stereocenters. The predicted octanol–water partition coefficient (Wildman–Crippen LogP) is -0.129. The molecule has 62 valence electrons. The van der Waals surface area contributed by atoms with Crippen molar-refractivity contribution in [2.24, 2.45) is 5.73 Å². The molecule has 0 spiro atoms. The third kappa shape index (κ3) is 0.990. The van der Waals surface area contributed by atoms with Crippen LogP contribution in [0, 0.1) is 0 Å². The van der Waals surface area contributed by atoms with Gasteiger partial charge in [0.2, 0.25) is 0 Å². The fourth-order valence-electron chi connectivity index (χ4n) is 1.26. The summed E-state index contributed by atoms with van der Waals surface area (Å²) in [5.74, 6) is 0. The number of rotatable bonds is 0. The first-order valence-electron chi connectivity index (χ1n) is 3.59. The molecule has 1 aromatic heterocycles. The molecule has 12 heavy (non-hydrogen) atoms. The van der Waals surface area contributed by atoms with E-state index in [2.05, 4.69) is 9.97 Å². The molecule has 0 fully saturated rings. The first-order chi connectivity index (χ1) is 5.77. The van der Waals surface area contributed by atoms with Crippen LogP contribution in [-0.4, -0.2) is 20.9 Å². The average Bonchev–Trinajstić information content (AvgIpc) is 2.46. The molecule has 0 saturated carbocycles. The van der Waals surface area contributed by atoms with Gasteiger partial charge in [0, 0.05) is 11.8 Å². The van der Waals surface area contributed by atoms with E-state index < -0.39 is 6.03 Å². The van der Waals surface area contributed by atoms with Crippen molar-refractivity contribution in [3.05, 3.63) is 23.8 Å². The maximum Gasteiger partial charge on any atom is 0.315 e. The van der Waals surface area contributed by atoms with Gasteiger partial charge in [-0.3, -0.25) is 0 Å². The standard InChI is InChI=1S/C7H8N4O/c8-7(12)11-2-5-1-9-4-10-6(5)3-11/h1,4H,2-3H2,(H2,8,12).